The van der Waals surface area contributed by atoms with Gasteiger partial charge in [0.2, 0.25) is 0 Å². The first kappa shape index (κ1) is 30.1. The van der Waals surface area contributed by atoms with Gasteiger partial charge in [-0.15, -0.1) is 0 Å². The summed E-state index contributed by atoms with van der Waals surface area (Å²) in [6, 6.07) is 23.3. The zero-order chi connectivity index (χ0) is 27.4. The molecule has 10 heteroatoms. The molecule has 1 fully saturated rings. The van der Waals surface area contributed by atoms with Gasteiger partial charge in [0, 0.05) is 32.7 Å². The molecule has 0 amide bonds. The van der Waals surface area contributed by atoms with E-state index >= 15 is 0 Å². The van der Waals surface area contributed by atoms with Crippen LogP contribution in [0.1, 0.15) is 29.2 Å². The summed E-state index contributed by atoms with van der Waals surface area (Å²) in [5, 5.41) is 0. The second-order valence-corrected chi connectivity index (χ2v) is 10.2. The second kappa shape index (κ2) is 15.2. The Balaban J connectivity index is 0.000000732. The topological polar surface area (TPSA) is 93.5 Å². The molecule has 1 heterocycles. The Morgan fingerprint density at radius 3 is 1.66 bits per heavy atom. The maximum Gasteiger partial charge on any atom is 0.466 e. The molecule has 0 atom stereocenters. The number of piperazine rings is 1. The van der Waals surface area contributed by atoms with Crippen LogP contribution in [0.5, 0.6) is 0 Å². The fourth-order valence-corrected chi connectivity index (χ4v) is 4.35. The Hall–Kier alpha value is -2.49. The molecule has 3 aromatic rings. The van der Waals surface area contributed by atoms with Gasteiger partial charge in [-0.2, -0.15) is 0 Å². The molecule has 0 radical (unpaired) electrons. The van der Waals surface area contributed by atoms with Gasteiger partial charge in [0.25, 0.3) is 0 Å². The van der Waals surface area contributed by atoms with Gasteiger partial charge in [-0.1, -0.05) is 54.6 Å². The van der Waals surface area contributed by atoms with Crippen molar-refractivity contribution in [1.29, 1.82) is 0 Å². The Bertz CT molecular complexity index is 1070. The van der Waals surface area contributed by atoms with E-state index in [1.165, 1.54) is 36.2 Å². The number of benzene rings is 3. The number of rotatable bonds is 10. The minimum atomic E-state index is -4.64. The molecule has 206 valence electrons. The molecule has 0 bridgehead atoms. The molecule has 0 spiro atoms. The molecule has 0 aliphatic carbocycles. The van der Waals surface area contributed by atoms with Crippen LogP contribution >= 0.6 is 7.82 Å². The SMILES string of the molecule is Fc1ccc(C(OCCN2CCN(CCCc3ccccc3)CC2)c2ccc(F)cc2)cc1.O=P(O)(O)O. The Morgan fingerprint density at radius 1 is 0.737 bits per heavy atom. The van der Waals surface area contributed by atoms with Gasteiger partial charge >= 0.3 is 7.82 Å². The van der Waals surface area contributed by atoms with Crippen molar-refractivity contribution < 1.29 is 32.8 Å². The van der Waals surface area contributed by atoms with E-state index in [0.29, 0.717) is 6.61 Å². The lowest BCUT2D eigenvalue weighted by Crippen LogP contribution is -2.47. The number of nitrogens with zero attached hydrogens (tertiary/aromatic N) is 2. The highest BCUT2D eigenvalue weighted by molar-refractivity contribution is 7.45. The highest BCUT2D eigenvalue weighted by Crippen LogP contribution is 2.27. The Kier molecular flexibility index (Phi) is 12.0. The van der Waals surface area contributed by atoms with E-state index < -0.39 is 7.82 Å². The van der Waals surface area contributed by atoms with Gasteiger partial charge < -0.3 is 24.3 Å². The monoisotopic (exact) mass is 548 g/mol. The summed E-state index contributed by atoms with van der Waals surface area (Å²) >= 11 is 0. The average Bonchev–Trinajstić information content (AvgIpc) is 2.89. The maximum absolute atomic E-state index is 13.4. The predicted molar refractivity (Wildman–Crippen MR) is 143 cm³/mol. The van der Waals surface area contributed by atoms with E-state index in [0.717, 1.165) is 56.8 Å². The average molecular weight is 549 g/mol. The van der Waals surface area contributed by atoms with Crippen molar-refractivity contribution in [2.24, 2.45) is 0 Å². The molecule has 0 saturated carbocycles. The zero-order valence-electron chi connectivity index (χ0n) is 21.2. The van der Waals surface area contributed by atoms with Crippen LogP contribution in [-0.4, -0.2) is 70.4 Å². The summed E-state index contributed by atoms with van der Waals surface area (Å²) in [6.45, 7) is 6.77. The van der Waals surface area contributed by atoms with Gasteiger partial charge in [0.15, 0.2) is 0 Å². The van der Waals surface area contributed by atoms with Crippen LogP contribution < -0.4 is 0 Å². The normalized spacial score (nSPS) is 14.8. The smallest absolute Gasteiger partial charge is 0.367 e. The van der Waals surface area contributed by atoms with E-state index in [2.05, 4.69) is 40.1 Å². The van der Waals surface area contributed by atoms with E-state index in [1.807, 2.05) is 0 Å². The molecule has 3 aromatic carbocycles. The van der Waals surface area contributed by atoms with Crippen LogP contribution in [0.15, 0.2) is 78.9 Å². The lowest BCUT2D eigenvalue weighted by molar-refractivity contribution is 0.0451. The van der Waals surface area contributed by atoms with E-state index in [-0.39, 0.29) is 17.7 Å². The quantitative estimate of drug-likeness (QED) is 0.324. The molecular formula is C28H35F2N2O5P. The summed E-state index contributed by atoms with van der Waals surface area (Å²) in [5.74, 6) is -0.559. The number of hydrogen-bond acceptors (Lipinski definition) is 4. The minimum absolute atomic E-state index is 0.279. The van der Waals surface area contributed by atoms with Crippen LogP contribution in [-0.2, 0) is 15.7 Å². The van der Waals surface area contributed by atoms with Crippen molar-refractivity contribution in [3.63, 3.8) is 0 Å². The van der Waals surface area contributed by atoms with Crippen LogP contribution in [0.4, 0.5) is 8.78 Å². The molecular weight excluding hydrogens is 513 g/mol. The van der Waals surface area contributed by atoms with Gasteiger partial charge in [0.05, 0.1) is 6.61 Å². The van der Waals surface area contributed by atoms with Crippen LogP contribution in [0, 0.1) is 11.6 Å². The summed E-state index contributed by atoms with van der Waals surface area (Å²) in [4.78, 5) is 26.5. The number of aryl methyl sites for hydroxylation is 1. The standard InChI is InChI=1S/C28H32F2N2O.H3O4P/c29-26-12-8-24(9-13-26)28(25-10-14-27(30)15-11-25)33-22-21-32-19-17-31(18-20-32)16-4-7-23-5-2-1-3-6-23;1-5(2,3)4/h1-3,5-6,8-15,28H,4,7,16-22H2;(H3,1,2,3,4). The van der Waals surface area contributed by atoms with Crippen molar-refractivity contribution in [3.8, 4) is 0 Å². The third-order valence-corrected chi connectivity index (χ3v) is 6.29. The molecule has 1 saturated heterocycles. The van der Waals surface area contributed by atoms with Crippen molar-refractivity contribution in [2.75, 3.05) is 45.9 Å². The van der Waals surface area contributed by atoms with Gasteiger partial charge in [0.1, 0.15) is 17.7 Å². The Morgan fingerprint density at radius 2 is 1.18 bits per heavy atom. The van der Waals surface area contributed by atoms with Crippen molar-refractivity contribution in [2.45, 2.75) is 18.9 Å². The second-order valence-electron chi connectivity index (χ2n) is 9.14. The molecule has 3 N–H and O–H groups in total. The third-order valence-electron chi connectivity index (χ3n) is 6.29. The summed E-state index contributed by atoms with van der Waals surface area (Å²) in [6.07, 6.45) is 1.97. The molecule has 1 aliphatic rings. The number of ether oxygens (including phenoxy) is 1. The highest BCUT2D eigenvalue weighted by Gasteiger charge is 2.19. The molecule has 7 nitrogen and oxygen atoms in total. The summed E-state index contributed by atoms with van der Waals surface area (Å²) in [7, 11) is -4.64. The fourth-order valence-electron chi connectivity index (χ4n) is 4.35. The largest absolute Gasteiger partial charge is 0.466 e. The molecule has 0 aromatic heterocycles. The first-order valence-electron chi connectivity index (χ1n) is 12.6. The van der Waals surface area contributed by atoms with Crippen molar-refractivity contribution in [1.82, 2.24) is 9.80 Å². The highest BCUT2D eigenvalue weighted by atomic mass is 31.2. The van der Waals surface area contributed by atoms with Crippen molar-refractivity contribution in [3.05, 3.63) is 107 Å². The molecule has 0 unspecified atom stereocenters. The van der Waals surface area contributed by atoms with Gasteiger partial charge in [-0.3, -0.25) is 4.90 Å². The minimum Gasteiger partial charge on any atom is -0.367 e. The summed E-state index contributed by atoms with van der Waals surface area (Å²) in [5.41, 5.74) is 3.14. The lowest BCUT2D eigenvalue weighted by Gasteiger charge is -2.35. The lowest BCUT2D eigenvalue weighted by atomic mass is 10.0. The van der Waals surface area contributed by atoms with E-state index in [1.54, 1.807) is 24.3 Å². The van der Waals surface area contributed by atoms with Crippen LogP contribution in [0.3, 0.4) is 0 Å². The number of hydrogen-bond donors (Lipinski definition) is 3. The first-order valence-corrected chi connectivity index (χ1v) is 14.1. The van der Waals surface area contributed by atoms with Gasteiger partial charge in [-0.05, 0) is 60.3 Å². The predicted octanol–water partition coefficient (Wildman–Crippen LogP) is 4.39. The first-order chi connectivity index (χ1) is 18.2. The maximum atomic E-state index is 13.4. The van der Waals surface area contributed by atoms with Crippen LogP contribution in [0.2, 0.25) is 0 Å². The summed E-state index contributed by atoms with van der Waals surface area (Å²) < 4.78 is 41.9. The number of halogens is 2. The third kappa shape index (κ3) is 11.5. The van der Waals surface area contributed by atoms with Gasteiger partial charge in [-0.25, -0.2) is 13.3 Å². The van der Waals surface area contributed by atoms with E-state index in [9.17, 15) is 8.78 Å². The molecule has 1 aliphatic heterocycles. The fraction of sp³-hybridized carbons (Fsp3) is 0.357. The molecule has 38 heavy (non-hydrogen) atoms. The van der Waals surface area contributed by atoms with Crippen molar-refractivity contribution >= 4 is 7.82 Å². The Labute approximate surface area is 222 Å². The zero-order valence-corrected chi connectivity index (χ0v) is 22.1. The van der Waals surface area contributed by atoms with E-state index in [4.69, 9.17) is 24.0 Å². The van der Waals surface area contributed by atoms with Crippen LogP contribution in [0.25, 0.3) is 0 Å². The molecule has 4 rings (SSSR count). The number of phosphoric acid groups is 1.